The molecule has 0 spiro atoms. The molecule has 0 aliphatic rings. The van der Waals surface area contributed by atoms with Gasteiger partial charge in [-0.25, -0.2) is 4.98 Å². The van der Waals surface area contributed by atoms with E-state index in [0.717, 1.165) is 0 Å². The van der Waals surface area contributed by atoms with E-state index in [4.69, 9.17) is 17.0 Å². The zero-order valence-electron chi connectivity index (χ0n) is 14.1. The number of nitro groups is 1. The molecule has 2 N–H and O–H groups in total. The third-order valence-electron chi connectivity index (χ3n) is 3.44. The number of aromatic nitrogens is 1. The van der Waals surface area contributed by atoms with E-state index < -0.39 is 4.92 Å². The Morgan fingerprint density at radius 1 is 1.33 bits per heavy atom. The maximum atomic E-state index is 12.3. The van der Waals surface area contributed by atoms with E-state index in [2.05, 4.69) is 15.6 Å². The maximum Gasteiger partial charge on any atom is 0.270 e. The number of nitro benzene ring substituents is 1. The Kier molecular flexibility index (Phi) is 5.57. The number of anilines is 1. The van der Waals surface area contributed by atoms with Gasteiger partial charge in [0.25, 0.3) is 11.6 Å². The second-order valence-electron chi connectivity index (χ2n) is 5.30. The van der Waals surface area contributed by atoms with Crippen molar-refractivity contribution in [3.63, 3.8) is 0 Å². The molecule has 1 heterocycles. The Hall–Kier alpha value is -3.11. The molecule has 2 aromatic carbocycles. The van der Waals surface area contributed by atoms with Gasteiger partial charge in [-0.1, -0.05) is 17.4 Å². The minimum absolute atomic E-state index is 0.0113. The van der Waals surface area contributed by atoms with Gasteiger partial charge in [-0.15, -0.1) is 0 Å². The van der Waals surface area contributed by atoms with Crippen molar-refractivity contribution in [1.29, 1.82) is 0 Å². The molecule has 10 heteroatoms. The van der Waals surface area contributed by atoms with Crippen molar-refractivity contribution in [2.45, 2.75) is 6.92 Å². The Balaban J connectivity index is 1.68. The van der Waals surface area contributed by atoms with Gasteiger partial charge in [-0.05, 0) is 43.4 Å². The average Bonchev–Trinajstić information content (AvgIpc) is 3.03. The second-order valence-corrected chi connectivity index (χ2v) is 6.74. The van der Waals surface area contributed by atoms with Crippen LogP contribution in [-0.2, 0) is 0 Å². The molecule has 1 aromatic heterocycles. The number of hydrogen-bond donors (Lipinski definition) is 2. The summed E-state index contributed by atoms with van der Waals surface area (Å²) in [4.78, 5) is 27.0. The number of carbonyl (C=O) groups is 1. The van der Waals surface area contributed by atoms with Gasteiger partial charge in [0.1, 0.15) is 5.75 Å². The number of non-ortho nitro benzene ring substituents is 1. The van der Waals surface area contributed by atoms with Crippen molar-refractivity contribution in [1.82, 2.24) is 10.3 Å². The van der Waals surface area contributed by atoms with Gasteiger partial charge >= 0.3 is 0 Å². The minimum Gasteiger partial charge on any atom is -0.494 e. The summed E-state index contributed by atoms with van der Waals surface area (Å²) in [7, 11) is 0. The van der Waals surface area contributed by atoms with Crippen molar-refractivity contribution in [3.8, 4) is 5.75 Å². The number of fused-ring (bicyclic) bond motifs is 1. The molecule has 3 aromatic rings. The van der Waals surface area contributed by atoms with Crippen molar-refractivity contribution >= 4 is 55.6 Å². The fourth-order valence-corrected chi connectivity index (χ4v) is 3.44. The van der Waals surface area contributed by atoms with E-state index in [9.17, 15) is 14.9 Å². The van der Waals surface area contributed by atoms with Crippen LogP contribution in [0.1, 0.15) is 17.3 Å². The van der Waals surface area contributed by atoms with Crippen LogP contribution >= 0.6 is 23.6 Å². The van der Waals surface area contributed by atoms with E-state index in [0.29, 0.717) is 33.3 Å². The van der Waals surface area contributed by atoms with Gasteiger partial charge in [0.2, 0.25) is 0 Å². The number of nitrogens with zero attached hydrogens (tertiary/aromatic N) is 2. The molecule has 0 bridgehead atoms. The Morgan fingerprint density at radius 3 is 2.89 bits per heavy atom. The fraction of sp³-hybridized carbons (Fsp3) is 0.118. The van der Waals surface area contributed by atoms with E-state index in [1.54, 1.807) is 30.3 Å². The third kappa shape index (κ3) is 4.54. The molecule has 0 saturated carbocycles. The summed E-state index contributed by atoms with van der Waals surface area (Å²) in [6, 6.07) is 11.1. The van der Waals surface area contributed by atoms with Crippen molar-refractivity contribution in [3.05, 3.63) is 58.1 Å². The highest BCUT2D eigenvalue weighted by molar-refractivity contribution is 7.80. The smallest absolute Gasteiger partial charge is 0.270 e. The molecular weight excluding hydrogens is 388 g/mol. The lowest BCUT2D eigenvalue weighted by Crippen LogP contribution is -2.34. The molecule has 3 rings (SSSR count). The summed E-state index contributed by atoms with van der Waals surface area (Å²) >= 11 is 6.36. The van der Waals surface area contributed by atoms with Gasteiger partial charge < -0.3 is 10.1 Å². The Labute approximate surface area is 163 Å². The largest absolute Gasteiger partial charge is 0.494 e. The first-order valence-corrected chi connectivity index (χ1v) is 9.09. The number of thiazole rings is 1. The summed E-state index contributed by atoms with van der Waals surface area (Å²) in [5, 5.41) is 16.8. The molecule has 0 unspecified atom stereocenters. The number of benzene rings is 2. The van der Waals surface area contributed by atoms with Crippen LogP contribution < -0.4 is 15.4 Å². The van der Waals surface area contributed by atoms with Crippen molar-refractivity contribution in [2.75, 3.05) is 11.9 Å². The minimum atomic E-state index is -0.465. The van der Waals surface area contributed by atoms with Gasteiger partial charge in [-0.2, -0.15) is 0 Å². The van der Waals surface area contributed by atoms with Crippen LogP contribution in [0.3, 0.4) is 0 Å². The number of rotatable bonds is 5. The molecule has 0 aliphatic carbocycles. The van der Waals surface area contributed by atoms with Crippen LogP contribution in [-0.4, -0.2) is 27.5 Å². The quantitative estimate of drug-likeness (QED) is 0.380. The number of carbonyl (C=O) groups excluding carboxylic acids is 1. The summed E-state index contributed by atoms with van der Waals surface area (Å²) in [6.07, 6.45) is 0. The fourth-order valence-electron chi connectivity index (χ4n) is 2.28. The first-order chi connectivity index (χ1) is 13.0. The van der Waals surface area contributed by atoms with Crippen LogP contribution in [0.4, 0.5) is 10.8 Å². The van der Waals surface area contributed by atoms with Crippen LogP contribution in [0.25, 0.3) is 10.2 Å². The summed E-state index contributed by atoms with van der Waals surface area (Å²) in [5.41, 5.74) is 0.999. The lowest BCUT2D eigenvalue weighted by molar-refractivity contribution is -0.384. The highest BCUT2D eigenvalue weighted by Crippen LogP contribution is 2.29. The van der Waals surface area contributed by atoms with Crippen molar-refractivity contribution < 1.29 is 14.5 Å². The molecule has 27 heavy (non-hydrogen) atoms. The monoisotopic (exact) mass is 402 g/mol. The number of thiocarbonyl (C=S) groups is 1. The third-order valence-corrected chi connectivity index (χ3v) is 4.58. The van der Waals surface area contributed by atoms with Crippen LogP contribution in [0, 0.1) is 10.1 Å². The lowest BCUT2D eigenvalue weighted by Gasteiger charge is -2.08. The second kappa shape index (κ2) is 8.06. The molecular formula is C17H14N4O4S2. The van der Waals surface area contributed by atoms with Gasteiger partial charge in [-0.3, -0.25) is 20.2 Å². The SMILES string of the molecule is CCOc1cccc(C(=O)NC(=S)Nc2nc3ccc([N+](=O)[O-])cc3s2)c1. The van der Waals surface area contributed by atoms with Crippen molar-refractivity contribution in [2.24, 2.45) is 0 Å². The first kappa shape index (κ1) is 18.7. The number of ether oxygens (including phenoxy) is 1. The zero-order valence-corrected chi connectivity index (χ0v) is 15.7. The normalized spacial score (nSPS) is 10.4. The molecule has 1 amide bonds. The molecule has 138 valence electrons. The van der Waals surface area contributed by atoms with E-state index in [1.807, 2.05) is 6.92 Å². The first-order valence-electron chi connectivity index (χ1n) is 7.86. The number of hydrogen-bond acceptors (Lipinski definition) is 7. The van der Waals surface area contributed by atoms with Gasteiger partial charge in [0, 0.05) is 17.7 Å². The van der Waals surface area contributed by atoms with Crippen LogP contribution in [0.15, 0.2) is 42.5 Å². The molecule has 0 aliphatic heterocycles. The number of nitrogens with one attached hydrogen (secondary N) is 2. The predicted octanol–water partition coefficient (Wildman–Crippen LogP) is 3.73. The maximum absolute atomic E-state index is 12.3. The summed E-state index contributed by atoms with van der Waals surface area (Å²) in [5.74, 6) is 0.211. The average molecular weight is 402 g/mol. The summed E-state index contributed by atoms with van der Waals surface area (Å²) < 4.78 is 6.02. The molecule has 0 radical (unpaired) electrons. The molecule has 8 nitrogen and oxygen atoms in total. The Bertz CT molecular complexity index is 1030. The van der Waals surface area contributed by atoms with E-state index >= 15 is 0 Å². The van der Waals surface area contributed by atoms with Crippen LogP contribution in [0.2, 0.25) is 0 Å². The molecule has 0 atom stereocenters. The van der Waals surface area contributed by atoms with E-state index in [1.165, 1.54) is 23.5 Å². The zero-order chi connectivity index (χ0) is 19.4. The van der Waals surface area contributed by atoms with Gasteiger partial charge in [0.15, 0.2) is 10.2 Å². The predicted molar refractivity (Wildman–Crippen MR) is 108 cm³/mol. The topological polar surface area (TPSA) is 106 Å². The molecule has 0 fully saturated rings. The highest BCUT2D eigenvalue weighted by atomic mass is 32.1. The highest BCUT2D eigenvalue weighted by Gasteiger charge is 2.13. The Morgan fingerprint density at radius 2 is 2.15 bits per heavy atom. The van der Waals surface area contributed by atoms with Crippen LogP contribution in [0.5, 0.6) is 5.75 Å². The summed E-state index contributed by atoms with van der Waals surface area (Å²) in [6.45, 7) is 2.36. The molecule has 0 saturated heterocycles. The van der Waals surface area contributed by atoms with Gasteiger partial charge in [0.05, 0.1) is 21.7 Å². The van der Waals surface area contributed by atoms with E-state index in [-0.39, 0.29) is 16.7 Å². The standard InChI is InChI=1S/C17H14N4O4S2/c1-2-25-12-5-3-4-10(8-12)15(22)19-16(26)20-17-18-13-7-6-11(21(23)24)9-14(13)27-17/h3-9H,2H2,1H3,(H2,18,19,20,22,26). The number of amides is 1. The lowest BCUT2D eigenvalue weighted by atomic mass is 10.2.